The van der Waals surface area contributed by atoms with Crippen LogP contribution >= 0.6 is 47.1 Å². The number of anilines is 1. The van der Waals surface area contributed by atoms with Crippen LogP contribution in [-0.4, -0.2) is 58.8 Å². The van der Waals surface area contributed by atoms with Gasteiger partial charge in [0.15, 0.2) is 4.34 Å². The van der Waals surface area contributed by atoms with Crippen molar-refractivity contribution in [3.8, 4) is 0 Å². The van der Waals surface area contributed by atoms with Crippen LogP contribution in [0.25, 0.3) is 10.2 Å². The van der Waals surface area contributed by atoms with Crippen LogP contribution in [0.3, 0.4) is 0 Å². The van der Waals surface area contributed by atoms with E-state index >= 15 is 0 Å². The number of amides is 1. The van der Waals surface area contributed by atoms with Crippen molar-refractivity contribution in [3.63, 3.8) is 0 Å². The molecule has 0 radical (unpaired) electrons. The van der Waals surface area contributed by atoms with E-state index in [1.165, 1.54) is 42.0 Å². The standard InChI is InChI=1S/C15H17N3O3S4/c1-18(2)15(22)24-7-12(19)16-9-4-5-10-11(6-9)25-14(17-10)23-8-13(20)21-3/h4-6H,7-8H2,1-3H3,(H,16,19). The van der Waals surface area contributed by atoms with Gasteiger partial charge in [-0.15, -0.1) is 11.3 Å². The van der Waals surface area contributed by atoms with Gasteiger partial charge in [-0.1, -0.05) is 35.7 Å². The molecule has 6 nitrogen and oxygen atoms in total. The molecule has 1 amide bonds. The van der Waals surface area contributed by atoms with E-state index in [1.807, 2.05) is 32.3 Å². The van der Waals surface area contributed by atoms with Gasteiger partial charge in [0, 0.05) is 19.8 Å². The van der Waals surface area contributed by atoms with Crippen molar-refractivity contribution in [2.75, 3.05) is 38.0 Å². The minimum atomic E-state index is -0.287. The van der Waals surface area contributed by atoms with Gasteiger partial charge in [0.1, 0.15) is 4.32 Å². The van der Waals surface area contributed by atoms with Crippen molar-refractivity contribution in [3.05, 3.63) is 18.2 Å². The molecule has 1 aromatic heterocycles. The smallest absolute Gasteiger partial charge is 0.316 e. The molecule has 134 valence electrons. The molecule has 0 unspecified atom stereocenters. The van der Waals surface area contributed by atoms with Gasteiger partial charge in [-0.25, -0.2) is 4.98 Å². The van der Waals surface area contributed by atoms with Gasteiger partial charge >= 0.3 is 5.97 Å². The zero-order chi connectivity index (χ0) is 18.4. The fraction of sp³-hybridized carbons (Fsp3) is 0.333. The summed E-state index contributed by atoms with van der Waals surface area (Å²) in [6, 6.07) is 5.53. The minimum Gasteiger partial charge on any atom is -0.468 e. The summed E-state index contributed by atoms with van der Waals surface area (Å²) < 4.78 is 7.02. The second-order valence-electron chi connectivity index (χ2n) is 5.02. The number of hydrogen-bond acceptors (Lipinski definition) is 8. The number of esters is 1. The second kappa shape index (κ2) is 9.37. The molecular weight excluding hydrogens is 398 g/mol. The average molecular weight is 416 g/mol. The molecule has 0 saturated carbocycles. The van der Waals surface area contributed by atoms with E-state index in [1.54, 1.807) is 4.90 Å². The number of aromatic nitrogens is 1. The fourth-order valence-corrected chi connectivity index (χ4v) is 4.38. The topological polar surface area (TPSA) is 71.5 Å². The van der Waals surface area contributed by atoms with Crippen molar-refractivity contribution in [2.24, 2.45) is 0 Å². The van der Waals surface area contributed by atoms with E-state index < -0.39 is 0 Å². The monoisotopic (exact) mass is 415 g/mol. The predicted octanol–water partition coefficient (Wildman–Crippen LogP) is 3.08. The van der Waals surface area contributed by atoms with Gasteiger partial charge in [0.25, 0.3) is 0 Å². The lowest BCUT2D eigenvalue weighted by Crippen LogP contribution is -2.20. The van der Waals surface area contributed by atoms with Gasteiger partial charge in [-0.3, -0.25) is 9.59 Å². The van der Waals surface area contributed by atoms with E-state index in [4.69, 9.17) is 12.2 Å². The lowest BCUT2D eigenvalue weighted by atomic mass is 10.3. The molecule has 2 rings (SSSR count). The molecular formula is C15H17N3O3S4. The number of thiazole rings is 1. The van der Waals surface area contributed by atoms with Gasteiger partial charge in [-0.05, 0) is 18.2 Å². The van der Waals surface area contributed by atoms with Crippen LogP contribution in [0.1, 0.15) is 0 Å². The zero-order valence-corrected chi connectivity index (χ0v) is 17.2. The van der Waals surface area contributed by atoms with Crippen LogP contribution in [0, 0.1) is 0 Å². The number of carbonyl (C=O) groups is 2. The maximum atomic E-state index is 12.0. The molecule has 0 bridgehead atoms. The van der Waals surface area contributed by atoms with Gasteiger partial charge in [0.2, 0.25) is 5.91 Å². The van der Waals surface area contributed by atoms with Crippen molar-refractivity contribution in [1.82, 2.24) is 9.88 Å². The Hall–Kier alpha value is -1.36. The molecule has 1 N–H and O–H groups in total. The Kier molecular flexibility index (Phi) is 7.48. The molecule has 1 heterocycles. The van der Waals surface area contributed by atoms with Gasteiger partial charge in [-0.2, -0.15) is 0 Å². The molecule has 0 fully saturated rings. The number of nitrogens with one attached hydrogen (secondary N) is 1. The van der Waals surface area contributed by atoms with E-state index in [0.717, 1.165) is 14.6 Å². The molecule has 0 saturated heterocycles. The first kappa shape index (κ1) is 20.0. The number of thiocarbonyl (C=S) groups is 1. The van der Waals surface area contributed by atoms with Crippen molar-refractivity contribution >= 4 is 79.2 Å². The first-order valence-corrected chi connectivity index (χ1v) is 10.3. The zero-order valence-electron chi connectivity index (χ0n) is 13.9. The molecule has 10 heteroatoms. The Balaban J connectivity index is 1.97. The van der Waals surface area contributed by atoms with Crippen LogP contribution in [0.5, 0.6) is 0 Å². The predicted molar refractivity (Wildman–Crippen MR) is 110 cm³/mol. The number of rotatable bonds is 6. The Morgan fingerprint density at radius 3 is 2.80 bits per heavy atom. The highest BCUT2D eigenvalue weighted by Crippen LogP contribution is 2.31. The van der Waals surface area contributed by atoms with Crippen LogP contribution in [0.2, 0.25) is 0 Å². The number of thioether (sulfide) groups is 2. The summed E-state index contributed by atoms with van der Waals surface area (Å²) in [5, 5.41) is 2.86. The van der Waals surface area contributed by atoms with Crippen LogP contribution in [-0.2, 0) is 14.3 Å². The minimum absolute atomic E-state index is 0.113. The average Bonchev–Trinajstić information content (AvgIpc) is 2.99. The molecule has 2 aromatic rings. The van der Waals surface area contributed by atoms with Crippen LogP contribution in [0.4, 0.5) is 5.69 Å². The molecule has 0 aliphatic heterocycles. The SMILES string of the molecule is COC(=O)CSc1nc2ccc(NC(=O)CSC(=S)N(C)C)cc2s1. The summed E-state index contributed by atoms with van der Waals surface area (Å²) in [7, 11) is 5.06. The Morgan fingerprint density at radius 2 is 2.12 bits per heavy atom. The Labute approximate surface area is 163 Å². The van der Waals surface area contributed by atoms with Gasteiger partial charge in [0.05, 0.1) is 28.8 Å². The first-order valence-electron chi connectivity index (χ1n) is 7.13. The van der Waals surface area contributed by atoms with E-state index in [-0.39, 0.29) is 23.4 Å². The Bertz CT molecular complexity index is 791. The summed E-state index contributed by atoms with van der Waals surface area (Å²) in [4.78, 5) is 29.5. The highest BCUT2D eigenvalue weighted by Gasteiger charge is 2.10. The van der Waals surface area contributed by atoms with Gasteiger partial charge < -0.3 is 15.0 Å². The highest BCUT2D eigenvalue weighted by atomic mass is 32.2. The van der Waals surface area contributed by atoms with Crippen LogP contribution < -0.4 is 5.32 Å². The summed E-state index contributed by atoms with van der Waals surface area (Å²) in [5.74, 6) is 0.0876. The Morgan fingerprint density at radius 1 is 1.36 bits per heavy atom. The summed E-state index contributed by atoms with van der Waals surface area (Å²) >= 11 is 9.27. The molecule has 0 atom stereocenters. The van der Waals surface area contributed by atoms with E-state index in [2.05, 4.69) is 15.0 Å². The number of carbonyl (C=O) groups excluding carboxylic acids is 2. The van der Waals surface area contributed by atoms with Crippen LogP contribution in [0.15, 0.2) is 22.5 Å². The molecule has 25 heavy (non-hydrogen) atoms. The molecule has 0 aliphatic carbocycles. The lowest BCUT2D eigenvalue weighted by molar-refractivity contribution is -0.137. The first-order chi connectivity index (χ1) is 11.9. The third-order valence-corrected chi connectivity index (χ3v) is 6.76. The quantitative estimate of drug-likeness (QED) is 0.438. The number of benzene rings is 1. The summed E-state index contributed by atoms with van der Waals surface area (Å²) in [6.07, 6.45) is 0. The number of fused-ring (bicyclic) bond motifs is 1. The largest absolute Gasteiger partial charge is 0.468 e. The van der Waals surface area contributed by atoms with E-state index in [9.17, 15) is 9.59 Å². The molecule has 0 aliphatic rings. The number of nitrogens with zero attached hydrogens (tertiary/aromatic N) is 2. The third kappa shape index (κ3) is 6.14. The third-order valence-electron chi connectivity index (χ3n) is 2.89. The van der Waals surface area contributed by atoms with E-state index in [0.29, 0.717) is 10.0 Å². The number of hydrogen-bond donors (Lipinski definition) is 1. The maximum absolute atomic E-state index is 12.0. The van der Waals surface area contributed by atoms with Crippen molar-refractivity contribution < 1.29 is 14.3 Å². The summed E-state index contributed by atoms with van der Waals surface area (Å²) in [6.45, 7) is 0. The van der Waals surface area contributed by atoms with Crippen molar-refractivity contribution in [1.29, 1.82) is 0 Å². The molecule has 1 aromatic carbocycles. The summed E-state index contributed by atoms with van der Waals surface area (Å²) in [5.41, 5.74) is 1.54. The van der Waals surface area contributed by atoms with Crippen molar-refractivity contribution in [2.45, 2.75) is 4.34 Å². The fourth-order valence-electron chi connectivity index (χ4n) is 1.68. The normalized spacial score (nSPS) is 10.5. The highest BCUT2D eigenvalue weighted by molar-refractivity contribution is 8.23. The molecule has 0 spiro atoms. The second-order valence-corrected chi connectivity index (χ2v) is 8.89. The lowest BCUT2D eigenvalue weighted by Gasteiger charge is -2.12. The maximum Gasteiger partial charge on any atom is 0.316 e. The number of ether oxygens (including phenoxy) is 1. The number of methoxy groups -OCH3 is 1.